The lowest BCUT2D eigenvalue weighted by molar-refractivity contribution is -0.139. The maximum atomic E-state index is 14.4. The second-order valence-electron chi connectivity index (χ2n) is 10.3. The van der Waals surface area contributed by atoms with Crippen LogP contribution in [0.5, 0.6) is 11.5 Å². The number of ether oxygens (including phenoxy) is 2. The summed E-state index contributed by atoms with van der Waals surface area (Å²) in [6.45, 7) is 1.12. The summed E-state index contributed by atoms with van der Waals surface area (Å²) < 4.78 is 53.9. The minimum absolute atomic E-state index is 0.0205. The van der Waals surface area contributed by atoms with Crippen molar-refractivity contribution in [3.8, 4) is 11.5 Å². The molecule has 236 valence electrons. The first kappa shape index (κ1) is 33.0. The first-order valence-electron chi connectivity index (χ1n) is 14.2. The van der Waals surface area contributed by atoms with Gasteiger partial charge in [0.25, 0.3) is 10.0 Å². The Morgan fingerprint density at radius 1 is 0.844 bits per heavy atom. The third-order valence-corrected chi connectivity index (χ3v) is 9.11. The Kier molecular flexibility index (Phi) is 10.8. The molecule has 0 aliphatic carbocycles. The Morgan fingerprint density at radius 2 is 1.49 bits per heavy atom. The highest BCUT2D eigenvalue weighted by atomic mass is 32.2. The fourth-order valence-corrected chi connectivity index (χ4v) is 6.26. The zero-order valence-corrected chi connectivity index (χ0v) is 26.4. The molecule has 4 aromatic carbocycles. The van der Waals surface area contributed by atoms with E-state index in [2.05, 4.69) is 5.32 Å². The SMILES string of the molecule is CNC(=O)[C@@H](Cc1ccccc1)N(Cc1ccc(F)cc1)C(=O)CN(c1ccc(OC)c(OC)c1)S(=O)(=O)c1ccc(C)cc1. The summed E-state index contributed by atoms with van der Waals surface area (Å²) in [6.07, 6.45) is 0.161. The molecule has 4 rings (SSSR count). The molecule has 0 aliphatic heterocycles. The van der Waals surface area contributed by atoms with Crippen LogP contribution in [0, 0.1) is 12.7 Å². The number of benzene rings is 4. The molecule has 1 N–H and O–H groups in total. The highest BCUT2D eigenvalue weighted by molar-refractivity contribution is 7.92. The normalized spacial score (nSPS) is 11.8. The van der Waals surface area contributed by atoms with Gasteiger partial charge >= 0.3 is 0 Å². The largest absolute Gasteiger partial charge is 0.493 e. The molecule has 0 aromatic heterocycles. The minimum atomic E-state index is -4.29. The molecule has 0 bridgehead atoms. The summed E-state index contributed by atoms with van der Waals surface area (Å²) in [4.78, 5) is 29.0. The molecule has 11 heteroatoms. The van der Waals surface area contributed by atoms with Crippen LogP contribution in [0.25, 0.3) is 0 Å². The zero-order valence-electron chi connectivity index (χ0n) is 25.6. The standard InChI is InChI=1S/C34H36FN3O6S/c1-24-10-17-29(18-11-24)45(41,42)38(28-16-19-31(43-3)32(21-28)44-4)23-33(39)37(22-26-12-14-27(35)15-13-26)30(34(40)36-2)20-25-8-6-5-7-9-25/h5-19,21,30H,20,22-23H2,1-4H3,(H,36,40)/t30-/m1/s1. The Balaban J connectivity index is 1.82. The van der Waals surface area contributed by atoms with E-state index in [1.54, 1.807) is 18.2 Å². The average Bonchev–Trinajstić information content (AvgIpc) is 3.05. The molecule has 0 aliphatic rings. The van der Waals surface area contributed by atoms with Gasteiger partial charge in [-0.2, -0.15) is 0 Å². The number of rotatable bonds is 13. The van der Waals surface area contributed by atoms with Crippen molar-refractivity contribution >= 4 is 27.5 Å². The van der Waals surface area contributed by atoms with E-state index < -0.39 is 40.2 Å². The fraction of sp³-hybridized carbons (Fsp3) is 0.235. The average molecular weight is 634 g/mol. The number of anilines is 1. The van der Waals surface area contributed by atoms with E-state index in [0.717, 1.165) is 15.4 Å². The van der Waals surface area contributed by atoms with Crippen LogP contribution in [0.3, 0.4) is 0 Å². The molecule has 2 amide bonds. The number of amides is 2. The quantitative estimate of drug-likeness (QED) is 0.228. The van der Waals surface area contributed by atoms with Crippen LogP contribution in [0.4, 0.5) is 10.1 Å². The van der Waals surface area contributed by atoms with Crippen molar-refractivity contribution in [2.75, 3.05) is 32.1 Å². The Bertz CT molecular complexity index is 1720. The van der Waals surface area contributed by atoms with Crippen molar-refractivity contribution < 1.29 is 31.9 Å². The van der Waals surface area contributed by atoms with Gasteiger partial charge in [0.2, 0.25) is 11.8 Å². The second kappa shape index (κ2) is 14.7. The lowest BCUT2D eigenvalue weighted by Gasteiger charge is -2.33. The number of carbonyl (C=O) groups excluding carboxylic acids is 2. The number of nitrogens with one attached hydrogen (secondary N) is 1. The highest BCUT2D eigenvalue weighted by Crippen LogP contribution is 2.34. The molecule has 0 fully saturated rings. The van der Waals surface area contributed by atoms with Gasteiger partial charge in [0.05, 0.1) is 24.8 Å². The lowest BCUT2D eigenvalue weighted by atomic mass is 10.0. The van der Waals surface area contributed by atoms with Crippen molar-refractivity contribution in [3.63, 3.8) is 0 Å². The molecule has 9 nitrogen and oxygen atoms in total. The van der Waals surface area contributed by atoms with Crippen LogP contribution < -0.4 is 19.1 Å². The van der Waals surface area contributed by atoms with Gasteiger partial charge < -0.3 is 19.7 Å². The predicted octanol–water partition coefficient (Wildman–Crippen LogP) is 4.73. The zero-order chi connectivity index (χ0) is 32.6. The van der Waals surface area contributed by atoms with Gasteiger partial charge in [-0.05, 0) is 54.4 Å². The van der Waals surface area contributed by atoms with Gasteiger partial charge in [-0.25, -0.2) is 12.8 Å². The highest BCUT2D eigenvalue weighted by Gasteiger charge is 2.34. The van der Waals surface area contributed by atoms with Gasteiger partial charge in [-0.15, -0.1) is 0 Å². The van der Waals surface area contributed by atoms with Crippen molar-refractivity contribution in [3.05, 3.63) is 120 Å². The van der Waals surface area contributed by atoms with Gasteiger partial charge in [0.15, 0.2) is 11.5 Å². The maximum absolute atomic E-state index is 14.4. The molecule has 0 unspecified atom stereocenters. The molecular formula is C34H36FN3O6S. The summed E-state index contributed by atoms with van der Waals surface area (Å²) in [7, 11) is 0.0607. The van der Waals surface area contributed by atoms with E-state index in [1.165, 1.54) is 74.7 Å². The summed E-state index contributed by atoms with van der Waals surface area (Å²) >= 11 is 0. The van der Waals surface area contributed by atoms with E-state index in [4.69, 9.17) is 9.47 Å². The Hall–Kier alpha value is -4.90. The van der Waals surface area contributed by atoms with E-state index in [9.17, 15) is 22.4 Å². The van der Waals surface area contributed by atoms with Crippen LogP contribution in [0.1, 0.15) is 16.7 Å². The molecule has 0 spiro atoms. The van der Waals surface area contributed by atoms with E-state index in [1.807, 2.05) is 37.3 Å². The third-order valence-electron chi connectivity index (χ3n) is 7.33. The van der Waals surface area contributed by atoms with E-state index in [-0.39, 0.29) is 29.3 Å². The lowest BCUT2D eigenvalue weighted by Crippen LogP contribution is -2.53. The number of halogens is 1. The molecule has 0 radical (unpaired) electrons. The van der Waals surface area contributed by atoms with Crippen LogP contribution in [-0.4, -0.2) is 59.0 Å². The topological polar surface area (TPSA) is 105 Å². The summed E-state index contributed by atoms with van der Waals surface area (Å²) in [6, 6.07) is 24.6. The smallest absolute Gasteiger partial charge is 0.264 e. The monoisotopic (exact) mass is 633 g/mol. The van der Waals surface area contributed by atoms with Crippen LogP contribution in [0.15, 0.2) is 102 Å². The number of methoxy groups -OCH3 is 2. The summed E-state index contributed by atoms with van der Waals surface area (Å²) in [5.74, 6) is -0.891. The van der Waals surface area contributed by atoms with Crippen molar-refractivity contribution in [1.29, 1.82) is 0 Å². The third kappa shape index (κ3) is 7.98. The molecule has 0 saturated heterocycles. The van der Waals surface area contributed by atoms with Crippen molar-refractivity contribution in [2.45, 2.75) is 30.8 Å². The number of hydrogen-bond acceptors (Lipinski definition) is 6. The van der Waals surface area contributed by atoms with Gasteiger partial charge in [-0.1, -0.05) is 60.2 Å². The van der Waals surface area contributed by atoms with E-state index in [0.29, 0.717) is 11.3 Å². The molecule has 0 saturated carbocycles. The van der Waals surface area contributed by atoms with Crippen molar-refractivity contribution in [1.82, 2.24) is 10.2 Å². The van der Waals surface area contributed by atoms with Gasteiger partial charge in [0, 0.05) is 26.1 Å². The summed E-state index contributed by atoms with van der Waals surface area (Å²) in [5.41, 5.74) is 2.38. The molecule has 4 aromatic rings. The number of nitrogens with zero attached hydrogens (tertiary/aromatic N) is 2. The predicted molar refractivity (Wildman–Crippen MR) is 170 cm³/mol. The number of aryl methyl sites for hydroxylation is 1. The van der Waals surface area contributed by atoms with Gasteiger partial charge in [-0.3, -0.25) is 13.9 Å². The Labute approximate surface area is 263 Å². The number of carbonyl (C=O) groups is 2. The van der Waals surface area contributed by atoms with Crippen molar-refractivity contribution in [2.24, 2.45) is 0 Å². The number of hydrogen-bond donors (Lipinski definition) is 1. The van der Waals surface area contributed by atoms with Crippen LogP contribution in [0.2, 0.25) is 0 Å². The van der Waals surface area contributed by atoms with E-state index >= 15 is 0 Å². The minimum Gasteiger partial charge on any atom is -0.493 e. The number of sulfonamides is 1. The van der Waals surface area contributed by atoms with Crippen LogP contribution >= 0.6 is 0 Å². The molecular weight excluding hydrogens is 597 g/mol. The Morgan fingerprint density at radius 3 is 2.09 bits per heavy atom. The summed E-state index contributed by atoms with van der Waals surface area (Å²) in [5, 5.41) is 2.63. The van der Waals surface area contributed by atoms with Gasteiger partial charge in [0.1, 0.15) is 18.4 Å². The first-order valence-corrected chi connectivity index (χ1v) is 15.6. The molecule has 45 heavy (non-hydrogen) atoms. The first-order chi connectivity index (χ1) is 21.6. The van der Waals surface area contributed by atoms with Crippen LogP contribution in [-0.2, 0) is 32.6 Å². The second-order valence-corrected chi connectivity index (χ2v) is 12.2. The maximum Gasteiger partial charge on any atom is 0.264 e. The number of likely N-dealkylation sites (N-methyl/N-ethyl adjacent to an activating group) is 1. The fourth-order valence-electron chi connectivity index (χ4n) is 4.85. The molecule has 1 atom stereocenters. The molecule has 0 heterocycles.